The molecule has 1 aliphatic heterocycles. The molecule has 252 valence electrons. The Morgan fingerprint density at radius 1 is 1.04 bits per heavy atom. The molecule has 1 atom stereocenters. The Bertz CT molecular complexity index is 2290. The molecule has 0 bridgehead atoms. The third-order valence-electron chi connectivity index (χ3n) is 9.70. The van der Waals surface area contributed by atoms with Gasteiger partial charge in [-0.3, -0.25) is 9.89 Å². The second-order valence-electron chi connectivity index (χ2n) is 13.1. The highest BCUT2D eigenvalue weighted by Crippen LogP contribution is 2.45. The summed E-state index contributed by atoms with van der Waals surface area (Å²) in [4.78, 5) is 28.9. The molecular formula is C38H37Cl2N5O4. The number of carbonyl (C=O) groups excluding carboxylic acids is 1. The number of H-pyrrole nitrogens is 1. The molecule has 3 aromatic heterocycles. The number of nitrogens with zero attached hydrogens (tertiary/aromatic N) is 4. The standard InChI is InChI=1S/C38H37Cl2N5O4/c1-19-14-25(15-20(2)34(19)40)49-13-7-8-26-27-9-10-29(39)33(32-22(4)41-42-23(32)5)35(27)45-21(3)18-44(37(46)36(26)45)31-17-24(38(47)48)16-30-28(31)11-12-43(30)6/h9-12,14-17,21H,7-8,13,18H2,1-6H3,(H,41,42)(H,47,48). The first kappa shape index (κ1) is 32.8. The lowest BCUT2D eigenvalue weighted by molar-refractivity contribution is 0.0696. The summed E-state index contributed by atoms with van der Waals surface area (Å²) >= 11 is 13.4. The van der Waals surface area contributed by atoms with Crippen LogP contribution in [0.15, 0.2) is 48.7 Å². The van der Waals surface area contributed by atoms with Crippen LogP contribution in [0, 0.1) is 27.7 Å². The molecule has 7 rings (SSSR count). The summed E-state index contributed by atoms with van der Waals surface area (Å²) in [5, 5.41) is 20.6. The number of aromatic carboxylic acids is 1. The lowest BCUT2D eigenvalue weighted by Gasteiger charge is -2.35. The zero-order valence-electron chi connectivity index (χ0n) is 28.2. The molecule has 2 N–H and O–H groups in total. The van der Waals surface area contributed by atoms with E-state index in [1.54, 1.807) is 17.0 Å². The fourth-order valence-corrected chi connectivity index (χ4v) is 7.78. The molecule has 0 spiro atoms. The average Bonchev–Trinajstić information content (AvgIpc) is 3.72. The highest BCUT2D eigenvalue weighted by molar-refractivity contribution is 6.35. The summed E-state index contributed by atoms with van der Waals surface area (Å²) in [6.45, 7) is 10.7. The highest BCUT2D eigenvalue weighted by atomic mass is 35.5. The van der Waals surface area contributed by atoms with E-state index in [2.05, 4.69) is 21.7 Å². The number of anilines is 1. The molecule has 3 aromatic carbocycles. The Hall–Kier alpha value is -4.73. The number of aromatic nitrogens is 4. The SMILES string of the molecule is Cc1cc(OCCCc2c3n(c4c(-c5c(C)n[nH]c5C)c(Cl)ccc24)C(C)CN(c2cc(C(=O)O)cc4c2ccn4C)C3=O)cc(C)c1Cl. The van der Waals surface area contributed by atoms with Gasteiger partial charge in [0.1, 0.15) is 11.4 Å². The third kappa shape index (κ3) is 5.36. The maximum atomic E-state index is 14.9. The number of halogens is 2. The number of aryl methyl sites for hydroxylation is 6. The number of hydrogen-bond acceptors (Lipinski definition) is 4. The van der Waals surface area contributed by atoms with E-state index in [1.807, 2.05) is 75.8 Å². The molecule has 6 aromatic rings. The van der Waals surface area contributed by atoms with Gasteiger partial charge in [-0.2, -0.15) is 5.10 Å². The lowest BCUT2D eigenvalue weighted by atomic mass is 9.98. The number of carboxylic acids is 1. The van der Waals surface area contributed by atoms with Gasteiger partial charge in [0.2, 0.25) is 0 Å². The van der Waals surface area contributed by atoms with Crippen LogP contribution in [-0.4, -0.2) is 49.5 Å². The first-order valence-electron chi connectivity index (χ1n) is 16.3. The molecule has 0 saturated heterocycles. The molecule has 0 saturated carbocycles. The Balaban J connectivity index is 1.38. The van der Waals surface area contributed by atoms with Gasteiger partial charge in [0.15, 0.2) is 0 Å². The van der Waals surface area contributed by atoms with Crippen molar-refractivity contribution >= 4 is 62.6 Å². The maximum Gasteiger partial charge on any atom is 0.335 e. The average molecular weight is 699 g/mol. The molecule has 0 radical (unpaired) electrons. The number of amides is 1. The summed E-state index contributed by atoms with van der Waals surface area (Å²) in [6, 6.07) is 12.8. The van der Waals surface area contributed by atoms with Crippen LogP contribution in [0.25, 0.3) is 32.9 Å². The van der Waals surface area contributed by atoms with Gasteiger partial charge in [0.25, 0.3) is 5.91 Å². The number of fused-ring (bicyclic) bond motifs is 4. The van der Waals surface area contributed by atoms with Crippen LogP contribution < -0.4 is 9.64 Å². The Labute approximate surface area is 294 Å². The number of ether oxygens (including phenoxy) is 1. The van der Waals surface area contributed by atoms with Crippen molar-refractivity contribution in [3.8, 4) is 16.9 Å². The van der Waals surface area contributed by atoms with Crippen LogP contribution in [0.4, 0.5) is 5.69 Å². The quantitative estimate of drug-likeness (QED) is 0.155. The molecule has 4 heterocycles. The predicted molar refractivity (Wildman–Crippen MR) is 195 cm³/mol. The summed E-state index contributed by atoms with van der Waals surface area (Å²) in [5.74, 6) is -0.485. The molecule has 1 unspecified atom stereocenters. The smallest absolute Gasteiger partial charge is 0.335 e. The van der Waals surface area contributed by atoms with E-state index in [1.165, 1.54) is 0 Å². The normalized spacial score (nSPS) is 14.7. The minimum Gasteiger partial charge on any atom is -0.494 e. The second kappa shape index (κ2) is 12.3. The number of carbonyl (C=O) groups is 2. The highest BCUT2D eigenvalue weighted by Gasteiger charge is 2.37. The molecule has 11 heteroatoms. The molecule has 1 aliphatic rings. The van der Waals surface area contributed by atoms with Crippen molar-refractivity contribution in [3.63, 3.8) is 0 Å². The van der Waals surface area contributed by atoms with Crippen LogP contribution >= 0.6 is 23.2 Å². The minimum absolute atomic E-state index is 0.126. The second-order valence-corrected chi connectivity index (χ2v) is 13.9. The van der Waals surface area contributed by atoms with Crippen LogP contribution in [0.1, 0.15) is 68.3 Å². The van der Waals surface area contributed by atoms with Gasteiger partial charge in [0, 0.05) is 58.4 Å². The Morgan fingerprint density at radius 3 is 2.45 bits per heavy atom. The number of benzene rings is 3. The summed E-state index contributed by atoms with van der Waals surface area (Å²) in [7, 11) is 1.87. The van der Waals surface area contributed by atoms with Gasteiger partial charge < -0.3 is 23.9 Å². The van der Waals surface area contributed by atoms with Crippen molar-refractivity contribution < 1.29 is 19.4 Å². The van der Waals surface area contributed by atoms with Gasteiger partial charge in [-0.1, -0.05) is 29.3 Å². The third-order valence-corrected chi connectivity index (χ3v) is 10.6. The van der Waals surface area contributed by atoms with Crippen molar-refractivity contribution in [2.75, 3.05) is 18.1 Å². The van der Waals surface area contributed by atoms with Crippen LogP contribution in [0.5, 0.6) is 5.75 Å². The van der Waals surface area contributed by atoms with E-state index in [0.717, 1.165) is 71.8 Å². The fourth-order valence-electron chi connectivity index (χ4n) is 7.42. The van der Waals surface area contributed by atoms with Crippen LogP contribution in [-0.2, 0) is 13.5 Å². The molecule has 49 heavy (non-hydrogen) atoms. The number of nitrogens with one attached hydrogen (secondary N) is 1. The van der Waals surface area contributed by atoms with Crippen molar-refractivity contribution in [2.24, 2.45) is 7.05 Å². The monoisotopic (exact) mass is 697 g/mol. The molecule has 0 aliphatic carbocycles. The largest absolute Gasteiger partial charge is 0.494 e. The molecule has 9 nitrogen and oxygen atoms in total. The number of hydrogen-bond donors (Lipinski definition) is 2. The van der Waals surface area contributed by atoms with Crippen LogP contribution in [0.3, 0.4) is 0 Å². The predicted octanol–water partition coefficient (Wildman–Crippen LogP) is 8.99. The van der Waals surface area contributed by atoms with Crippen LogP contribution in [0.2, 0.25) is 10.0 Å². The zero-order chi connectivity index (χ0) is 34.9. The zero-order valence-corrected chi connectivity index (χ0v) is 29.8. The van der Waals surface area contributed by atoms with Gasteiger partial charge >= 0.3 is 5.97 Å². The first-order chi connectivity index (χ1) is 23.4. The number of carboxylic acid groups (broad SMARTS) is 1. The van der Waals surface area contributed by atoms with Gasteiger partial charge in [-0.05, 0) is 101 Å². The first-order valence-corrected chi connectivity index (χ1v) is 17.0. The Morgan fingerprint density at radius 2 is 1.78 bits per heavy atom. The lowest BCUT2D eigenvalue weighted by Crippen LogP contribution is -2.43. The van der Waals surface area contributed by atoms with E-state index in [-0.39, 0.29) is 17.5 Å². The molecular weight excluding hydrogens is 661 g/mol. The van der Waals surface area contributed by atoms with E-state index in [4.69, 9.17) is 27.9 Å². The topological polar surface area (TPSA) is 105 Å². The van der Waals surface area contributed by atoms with Crippen molar-refractivity contribution in [3.05, 3.63) is 98.0 Å². The van der Waals surface area contributed by atoms with Gasteiger partial charge in [-0.15, -0.1) is 0 Å². The number of aromatic amines is 1. The number of rotatable bonds is 8. The summed E-state index contributed by atoms with van der Waals surface area (Å²) in [6.07, 6.45) is 3.10. The molecule has 0 fully saturated rings. The fraction of sp³-hybridized carbons (Fsp3) is 0.289. The van der Waals surface area contributed by atoms with E-state index in [9.17, 15) is 14.7 Å². The van der Waals surface area contributed by atoms with Gasteiger partial charge in [0.05, 0.1) is 39.6 Å². The van der Waals surface area contributed by atoms with E-state index >= 15 is 0 Å². The maximum absolute atomic E-state index is 14.9. The van der Waals surface area contributed by atoms with Crippen molar-refractivity contribution in [2.45, 2.75) is 53.5 Å². The van der Waals surface area contributed by atoms with Crippen molar-refractivity contribution in [1.82, 2.24) is 19.3 Å². The van der Waals surface area contributed by atoms with Crippen molar-refractivity contribution in [1.29, 1.82) is 0 Å². The summed E-state index contributed by atoms with van der Waals surface area (Å²) in [5.41, 5.74) is 9.18. The molecule has 1 amide bonds. The Kier molecular flexibility index (Phi) is 8.24. The van der Waals surface area contributed by atoms with Gasteiger partial charge in [-0.25, -0.2) is 4.79 Å². The van der Waals surface area contributed by atoms with E-state index in [0.29, 0.717) is 42.4 Å². The summed E-state index contributed by atoms with van der Waals surface area (Å²) < 4.78 is 10.2. The minimum atomic E-state index is -1.05. The van der Waals surface area contributed by atoms with E-state index < -0.39 is 5.97 Å².